The molecule has 0 aliphatic rings. The molecule has 0 radical (unpaired) electrons. The monoisotopic (exact) mass is 524 g/mol. The van der Waals surface area contributed by atoms with Crippen molar-refractivity contribution in [3.05, 3.63) is 116 Å². The van der Waals surface area contributed by atoms with Gasteiger partial charge in [0.05, 0.1) is 0 Å². The van der Waals surface area contributed by atoms with Crippen LogP contribution >= 0.6 is 0 Å². The third kappa shape index (κ3) is 6.39. The van der Waals surface area contributed by atoms with Crippen LogP contribution in [0, 0.1) is 0 Å². The summed E-state index contributed by atoms with van der Waals surface area (Å²) in [5, 5.41) is 43.7. The average molecular weight is 525 g/mol. The molecule has 4 aromatic carbocycles. The molecule has 0 aromatic heterocycles. The summed E-state index contributed by atoms with van der Waals surface area (Å²) in [6.07, 6.45) is 4.57. The molecule has 4 N–H and O–H groups in total. The van der Waals surface area contributed by atoms with Crippen molar-refractivity contribution in [2.45, 2.75) is 72.6 Å². The highest BCUT2D eigenvalue weighted by Gasteiger charge is 2.17. The van der Waals surface area contributed by atoms with Crippen LogP contribution in [0.1, 0.15) is 83.3 Å². The third-order valence-electron chi connectivity index (χ3n) is 7.72. The number of hydrogen-bond donors (Lipinski definition) is 4. The predicted octanol–water partition coefficient (Wildman–Crippen LogP) is 7.53. The highest BCUT2D eigenvalue weighted by Crippen LogP contribution is 2.36. The normalized spacial score (nSPS) is 11.2. The van der Waals surface area contributed by atoms with Crippen LogP contribution in [0.2, 0.25) is 0 Å². The SMILES string of the molecule is CCc1ccc(O)c(Cc2cc(CC)cc(Cc3cc(CC)cc(Cc4cc(CC)ccc4O)c3O)c2O)c1. The van der Waals surface area contributed by atoms with Crippen LogP contribution in [-0.4, -0.2) is 20.4 Å². The molecule has 0 aliphatic carbocycles. The molecular weight excluding hydrogens is 484 g/mol. The lowest BCUT2D eigenvalue weighted by atomic mass is 9.90. The Labute approximate surface area is 232 Å². The van der Waals surface area contributed by atoms with Crippen LogP contribution < -0.4 is 0 Å². The molecule has 0 heterocycles. The van der Waals surface area contributed by atoms with Crippen LogP contribution in [-0.2, 0) is 44.9 Å². The molecule has 39 heavy (non-hydrogen) atoms. The fourth-order valence-corrected chi connectivity index (χ4v) is 5.23. The Kier molecular flexibility index (Phi) is 8.86. The Hall–Kier alpha value is -3.92. The van der Waals surface area contributed by atoms with Crippen molar-refractivity contribution in [3.8, 4) is 23.0 Å². The lowest BCUT2D eigenvalue weighted by Gasteiger charge is -2.17. The minimum Gasteiger partial charge on any atom is -0.508 e. The van der Waals surface area contributed by atoms with Gasteiger partial charge in [0.25, 0.3) is 0 Å². The van der Waals surface area contributed by atoms with Crippen LogP contribution in [0.15, 0.2) is 60.7 Å². The molecule has 0 bridgehead atoms. The molecule has 4 nitrogen and oxygen atoms in total. The fourth-order valence-electron chi connectivity index (χ4n) is 5.23. The Morgan fingerprint density at radius 2 is 0.667 bits per heavy atom. The van der Waals surface area contributed by atoms with Gasteiger partial charge in [0.15, 0.2) is 0 Å². The third-order valence-corrected chi connectivity index (χ3v) is 7.72. The van der Waals surface area contributed by atoms with Crippen molar-refractivity contribution in [1.82, 2.24) is 0 Å². The quantitative estimate of drug-likeness (QED) is 0.173. The first-order valence-corrected chi connectivity index (χ1v) is 14.0. The van der Waals surface area contributed by atoms with Gasteiger partial charge in [0, 0.05) is 19.3 Å². The predicted molar refractivity (Wildman–Crippen MR) is 158 cm³/mol. The molecule has 0 spiro atoms. The smallest absolute Gasteiger partial charge is 0.122 e. The molecule has 4 rings (SSSR count). The van der Waals surface area contributed by atoms with Crippen LogP contribution in [0.4, 0.5) is 0 Å². The van der Waals surface area contributed by atoms with Gasteiger partial charge in [0.1, 0.15) is 23.0 Å². The average Bonchev–Trinajstić information content (AvgIpc) is 2.94. The Morgan fingerprint density at radius 1 is 0.385 bits per heavy atom. The largest absolute Gasteiger partial charge is 0.508 e. The van der Waals surface area contributed by atoms with Gasteiger partial charge in [-0.25, -0.2) is 0 Å². The van der Waals surface area contributed by atoms with E-state index in [4.69, 9.17) is 0 Å². The van der Waals surface area contributed by atoms with E-state index < -0.39 is 0 Å². The van der Waals surface area contributed by atoms with Gasteiger partial charge in [-0.1, -0.05) is 76.2 Å². The van der Waals surface area contributed by atoms with E-state index in [0.29, 0.717) is 19.3 Å². The first-order valence-electron chi connectivity index (χ1n) is 14.0. The maximum Gasteiger partial charge on any atom is 0.122 e. The van der Waals surface area contributed by atoms with E-state index in [9.17, 15) is 20.4 Å². The summed E-state index contributed by atoms with van der Waals surface area (Å²) in [6.45, 7) is 8.32. The van der Waals surface area contributed by atoms with E-state index in [1.54, 1.807) is 12.1 Å². The lowest BCUT2D eigenvalue weighted by Crippen LogP contribution is -2.01. The number of aryl methyl sites for hydroxylation is 4. The minimum atomic E-state index is 0.199. The number of benzene rings is 4. The first kappa shape index (κ1) is 28.1. The topological polar surface area (TPSA) is 80.9 Å². The van der Waals surface area contributed by atoms with E-state index >= 15 is 0 Å². The molecule has 0 aliphatic heterocycles. The van der Waals surface area contributed by atoms with Crippen LogP contribution in [0.5, 0.6) is 23.0 Å². The Balaban J connectivity index is 1.73. The van der Waals surface area contributed by atoms with E-state index in [2.05, 4.69) is 27.7 Å². The van der Waals surface area contributed by atoms with E-state index in [0.717, 1.165) is 81.3 Å². The first-order chi connectivity index (χ1) is 18.8. The minimum absolute atomic E-state index is 0.199. The lowest BCUT2D eigenvalue weighted by molar-refractivity contribution is 0.454. The van der Waals surface area contributed by atoms with Gasteiger partial charge >= 0.3 is 0 Å². The van der Waals surface area contributed by atoms with Crippen LogP contribution in [0.25, 0.3) is 0 Å². The maximum absolute atomic E-state index is 11.4. The molecular formula is C35H40O4. The second kappa shape index (κ2) is 12.3. The molecule has 0 amide bonds. The van der Waals surface area contributed by atoms with Gasteiger partial charge in [-0.2, -0.15) is 0 Å². The van der Waals surface area contributed by atoms with Gasteiger partial charge in [0.2, 0.25) is 0 Å². The molecule has 0 saturated carbocycles. The molecule has 0 unspecified atom stereocenters. The van der Waals surface area contributed by atoms with Gasteiger partial charge < -0.3 is 20.4 Å². The summed E-state index contributed by atoms with van der Waals surface area (Å²) >= 11 is 0. The standard InChI is InChI=1S/C35H40O4/c1-5-22-9-11-32(36)26(13-22)19-28-15-24(7-3)17-30(34(28)38)21-31-18-25(8-4)16-29(35(31)39)20-27-14-23(6-2)10-12-33(27)37/h9-18,36-39H,5-8,19-21H2,1-4H3. The van der Waals surface area contributed by atoms with Crippen molar-refractivity contribution >= 4 is 0 Å². The fraction of sp³-hybridized carbons (Fsp3) is 0.314. The van der Waals surface area contributed by atoms with E-state index in [1.165, 1.54) is 0 Å². The second-order valence-electron chi connectivity index (χ2n) is 10.4. The van der Waals surface area contributed by atoms with Gasteiger partial charge in [-0.15, -0.1) is 0 Å². The maximum atomic E-state index is 11.4. The van der Waals surface area contributed by atoms with Gasteiger partial charge in [-0.05, 0) is 93.5 Å². The zero-order chi connectivity index (χ0) is 28.1. The zero-order valence-electron chi connectivity index (χ0n) is 23.5. The Bertz CT molecular complexity index is 1360. The van der Waals surface area contributed by atoms with Crippen molar-refractivity contribution < 1.29 is 20.4 Å². The van der Waals surface area contributed by atoms with Crippen molar-refractivity contribution in [1.29, 1.82) is 0 Å². The highest BCUT2D eigenvalue weighted by molar-refractivity contribution is 5.54. The van der Waals surface area contributed by atoms with Gasteiger partial charge in [-0.3, -0.25) is 0 Å². The molecule has 4 aromatic rings. The second-order valence-corrected chi connectivity index (χ2v) is 10.4. The molecule has 204 valence electrons. The number of phenols is 4. The van der Waals surface area contributed by atoms with Crippen molar-refractivity contribution in [2.24, 2.45) is 0 Å². The number of phenolic OH excluding ortho intramolecular Hbond substituents is 4. The van der Waals surface area contributed by atoms with Crippen LogP contribution in [0.3, 0.4) is 0 Å². The summed E-state index contributed by atoms with van der Waals surface area (Å²) < 4.78 is 0. The Morgan fingerprint density at radius 3 is 0.974 bits per heavy atom. The van der Waals surface area contributed by atoms with Crippen molar-refractivity contribution in [2.75, 3.05) is 0 Å². The number of rotatable bonds is 10. The van der Waals surface area contributed by atoms with E-state index in [-0.39, 0.29) is 23.0 Å². The summed E-state index contributed by atoms with van der Waals surface area (Å²) in [4.78, 5) is 0. The number of hydrogen-bond acceptors (Lipinski definition) is 4. The van der Waals surface area contributed by atoms with Crippen molar-refractivity contribution in [3.63, 3.8) is 0 Å². The highest BCUT2D eigenvalue weighted by atomic mass is 16.3. The molecule has 0 saturated heterocycles. The number of aromatic hydroxyl groups is 4. The molecule has 0 atom stereocenters. The summed E-state index contributed by atoms with van der Waals surface area (Å²) in [5.74, 6) is 0.848. The summed E-state index contributed by atoms with van der Waals surface area (Å²) in [6, 6.07) is 19.3. The zero-order valence-corrected chi connectivity index (χ0v) is 23.5. The summed E-state index contributed by atoms with van der Waals surface area (Å²) in [5.41, 5.74) is 9.07. The molecule has 4 heteroatoms. The summed E-state index contributed by atoms with van der Waals surface area (Å²) in [7, 11) is 0. The van der Waals surface area contributed by atoms with E-state index in [1.807, 2.05) is 48.5 Å². The molecule has 0 fully saturated rings.